The van der Waals surface area contributed by atoms with Crippen LogP contribution in [0, 0.1) is 0 Å². The van der Waals surface area contributed by atoms with Crippen LogP contribution in [0.25, 0.3) is 0 Å². The van der Waals surface area contributed by atoms with E-state index >= 15 is 0 Å². The Bertz CT molecular complexity index is 248. The van der Waals surface area contributed by atoms with Crippen molar-refractivity contribution in [2.24, 2.45) is 0 Å². The molecule has 0 radical (unpaired) electrons. The van der Waals surface area contributed by atoms with Gasteiger partial charge >= 0.3 is 0 Å². The van der Waals surface area contributed by atoms with E-state index in [0.717, 1.165) is 44.6 Å². The van der Waals surface area contributed by atoms with Crippen LogP contribution in [0.1, 0.15) is 80.4 Å². The summed E-state index contributed by atoms with van der Waals surface area (Å²) in [4.78, 5) is 0. The zero-order valence-electron chi connectivity index (χ0n) is 12.7. The molecule has 0 aromatic carbocycles. The molecule has 0 aromatic heterocycles. The van der Waals surface area contributed by atoms with Gasteiger partial charge in [0.25, 0.3) is 0 Å². The molecule has 0 saturated carbocycles. The van der Waals surface area contributed by atoms with Crippen molar-refractivity contribution in [3.63, 3.8) is 0 Å². The van der Waals surface area contributed by atoms with Gasteiger partial charge in [0.15, 0.2) is 0 Å². The first-order valence-electron chi connectivity index (χ1n) is 7.59. The minimum atomic E-state index is 0.880. The Morgan fingerprint density at radius 2 is 1.38 bits per heavy atom. The van der Waals surface area contributed by atoms with Gasteiger partial charge in [-0.15, -0.1) is 0 Å². The number of hydrogen-bond donors (Lipinski definition) is 0. The van der Waals surface area contributed by atoms with Crippen LogP contribution in [0.5, 0.6) is 0 Å². The maximum Gasteiger partial charge on any atom is 0.0579 e. The summed E-state index contributed by atoms with van der Waals surface area (Å²) < 4.78 is 8.22. The molecule has 0 spiro atoms. The van der Waals surface area contributed by atoms with Crippen LogP contribution >= 0.6 is 0 Å². The van der Waals surface area contributed by atoms with Gasteiger partial charge in [-0.1, -0.05) is 65.5 Å². The number of allylic oxidation sites excluding steroid dienone is 4. The van der Waals surface area contributed by atoms with Crippen molar-refractivity contribution < 1.29 is 1.37 Å². The lowest BCUT2D eigenvalue weighted by atomic mass is 9.95. The normalized spacial score (nSPS) is 14.8. The average molecular weight is 223 g/mol. The average Bonchev–Trinajstić information content (AvgIpc) is 2.32. The highest BCUT2D eigenvalue weighted by Crippen LogP contribution is 2.22. The lowest BCUT2D eigenvalue weighted by Gasteiger charge is -2.11. The molecule has 0 rings (SSSR count). The smallest absolute Gasteiger partial charge is 0.0579 e. The molecule has 16 heavy (non-hydrogen) atoms. The molecule has 0 aliphatic heterocycles. The standard InChI is InChI=1S/C16H30/c1-5-9-13-15(11-7-3)16(12-8-4)14-10-6-2/h13-14H,5-12H2,1-4H3/i13D. The predicted molar refractivity (Wildman–Crippen MR) is 75.8 cm³/mol. The molecule has 0 aromatic rings. The molecule has 0 unspecified atom stereocenters. The minimum Gasteiger partial charge on any atom is -0.0811 e. The van der Waals surface area contributed by atoms with E-state index < -0.39 is 0 Å². The minimum absolute atomic E-state index is 0.880. The molecule has 0 heterocycles. The van der Waals surface area contributed by atoms with Crippen LogP contribution in [0.4, 0.5) is 0 Å². The molecular formula is C16H30. The van der Waals surface area contributed by atoms with E-state index in [-0.39, 0.29) is 0 Å². The van der Waals surface area contributed by atoms with Gasteiger partial charge < -0.3 is 0 Å². The van der Waals surface area contributed by atoms with Crippen LogP contribution in [0.3, 0.4) is 0 Å². The van der Waals surface area contributed by atoms with Gasteiger partial charge in [-0.25, -0.2) is 0 Å². The molecule has 0 N–H and O–H groups in total. The summed E-state index contributed by atoms with van der Waals surface area (Å²) in [5.41, 5.74) is 2.79. The summed E-state index contributed by atoms with van der Waals surface area (Å²) in [5.74, 6) is 0. The SMILES string of the molecule is [2H]C(CCC)=C(CCC)C(=CCCC)CCC. The van der Waals surface area contributed by atoms with Crippen LogP contribution in [-0.4, -0.2) is 0 Å². The van der Waals surface area contributed by atoms with E-state index in [9.17, 15) is 0 Å². The van der Waals surface area contributed by atoms with Crippen molar-refractivity contribution in [2.75, 3.05) is 0 Å². The summed E-state index contributed by atoms with van der Waals surface area (Å²) in [6, 6.07) is 0.880. The quantitative estimate of drug-likeness (QED) is 0.418. The second kappa shape index (κ2) is 11.0. The van der Waals surface area contributed by atoms with Gasteiger partial charge in [0.1, 0.15) is 0 Å². The van der Waals surface area contributed by atoms with Crippen molar-refractivity contribution in [2.45, 2.75) is 79.1 Å². The molecule has 0 heteroatoms. The Balaban J connectivity index is 5.00. The zero-order chi connectivity index (χ0) is 13.1. The number of unbranched alkanes of at least 4 members (excludes halogenated alkanes) is 1. The molecule has 0 bridgehead atoms. The molecule has 0 saturated heterocycles. The highest BCUT2D eigenvalue weighted by Gasteiger charge is 2.02. The third kappa shape index (κ3) is 6.87. The molecule has 0 amide bonds. The molecule has 0 nitrogen and oxygen atoms in total. The lowest BCUT2D eigenvalue weighted by Crippen LogP contribution is -1.91. The van der Waals surface area contributed by atoms with Crippen LogP contribution in [0.2, 0.25) is 0 Å². The zero-order valence-corrected chi connectivity index (χ0v) is 11.7. The van der Waals surface area contributed by atoms with Crippen molar-refractivity contribution in [3.8, 4) is 0 Å². The molecule has 0 aliphatic carbocycles. The van der Waals surface area contributed by atoms with Gasteiger partial charge in [0.05, 0.1) is 1.37 Å². The van der Waals surface area contributed by atoms with Crippen LogP contribution in [0.15, 0.2) is 23.3 Å². The van der Waals surface area contributed by atoms with Gasteiger partial charge in [-0.3, -0.25) is 0 Å². The topological polar surface area (TPSA) is 0 Å². The highest BCUT2D eigenvalue weighted by molar-refractivity contribution is 5.30. The Morgan fingerprint density at radius 3 is 1.88 bits per heavy atom. The summed E-state index contributed by atoms with van der Waals surface area (Å²) in [5, 5.41) is 0. The summed E-state index contributed by atoms with van der Waals surface area (Å²) in [6.07, 6.45) is 11.3. The van der Waals surface area contributed by atoms with Crippen LogP contribution in [-0.2, 0) is 0 Å². The Hall–Kier alpha value is -0.520. The van der Waals surface area contributed by atoms with Gasteiger partial charge in [0.2, 0.25) is 0 Å². The van der Waals surface area contributed by atoms with Gasteiger partial charge in [-0.2, -0.15) is 0 Å². The largest absolute Gasteiger partial charge is 0.0811 e. The van der Waals surface area contributed by atoms with Crippen molar-refractivity contribution in [1.29, 1.82) is 0 Å². The van der Waals surface area contributed by atoms with Crippen molar-refractivity contribution in [3.05, 3.63) is 23.3 Å². The van der Waals surface area contributed by atoms with Crippen molar-refractivity contribution >= 4 is 0 Å². The second-order valence-corrected chi connectivity index (χ2v) is 4.42. The van der Waals surface area contributed by atoms with E-state index in [0.29, 0.717) is 0 Å². The summed E-state index contributed by atoms with van der Waals surface area (Å²) >= 11 is 0. The first-order valence-corrected chi connectivity index (χ1v) is 7.09. The van der Waals surface area contributed by atoms with Gasteiger partial charge in [-0.05, 0) is 36.8 Å². The Morgan fingerprint density at radius 1 is 0.812 bits per heavy atom. The number of rotatable bonds is 9. The Kier molecular flexibility index (Phi) is 9.30. The maximum atomic E-state index is 8.22. The fourth-order valence-electron chi connectivity index (χ4n) is 1.85. The van der Waals surface area contributed by atoms with Crippen molar-refractivity contribution in [1.82, 2.24) is 0 Å². The number of hydrogen-bond acceptors (Lipinski definition) is 0. The first kappa shape index (κ1) is 13.5. The third-order valence-corrected chi connectivity index (χ3v) is 2.67. The third-order valence-electron chi connectivity index (χ3n) is 2.67. The van der Waals surface area contributed by atoms with E-state index in [1.807, 2.05) is 0 Å². The molecule has 0 atom stereocenters. The molecule has 0 aliphatic rings. The monoisotopic (exact) mass is 223 g/mol. The van der Waals surface area contributed by atoms with Gasteiger partial charge in [0, 0.05) is 0 Å². The first-order chi connectivity index (χ1) is 8.21. The molecular weight excluding hydrogens is 192 g/mol. The van der Waals surface area contributed by atoms with Crippen LogP contribution < -0.4 is 0 Å². The Labute approximate surface area is 104 Å². The van der Waals surface area contributed by atoms with E-state index in [1.54, 1.807) is 0 Å². The van der Waals surface area contributed by atoms with E-state index in [4.69, 9.17) is 1.37 Å². The molecule has 94 valence electrons. The van der Waals surface area contributed by atoms with E-state index in [1.165, 1.54) is 24.0 Å². The fraction of sp³-hybridized carbons (Fsp3) is 0.750. The second-order valence-electron chi connectivity index (χ2n) is 4.42. The predicted octanol–water partition coefficient (Wildman–Crippen LogP) is 6.04. The highest BCUT2D eigenvalue weighted by atomic mass is 14.1. The maximum absolute atomic E-state index is 8.22. The molecule has 0 fully saturated rings. The fourth-order valence-corrected chi connectivity index (χ4v) is 1.85. The summed E-state index contributed by atoms with van der Waals surface area (Å²) in [6.45, 7) is 8.82. The summed E-state index contributed by atoms with van der Waals surface area (Å²) in [7, 11) is 0. The lowest BCUT2D eigenvalue weighted by molar-refractivity contribution is 0.825. The van der Waals surface area contributed by atoms with E-state index in [2.05, 4.69) is 33.8 Å².